The topological polar surface area (TPSA) is 45.5 Å². The second-order valence-electron chi connectivity index (χ2n) is 7.52. The number of furan rings is 1. The molecule has 1 N–H and O–H groups in total. The lowest BCUT2D eigenvalue weighted by Crippen LogP contribution is -2.60. The van der Waals surface area contributed by atoms with E-state index in [4.69, 9.17) is 4.42 Å². The summed E-state index contributed by atoms with van der Waals surface area (Å²) >= 11 is 0. The molecule has 3 heterocycles. The Bertz CT molecular complexity index is 602. The van der Waals surface area contributed by atoms with Gasteiger partial charge < -0.3 is 9.73 Å². The summed E-state index contributed by atoms with van der Waals surface area (Å²) in [4.78, 5) is 14.0. The first-order chi connectivity index (χ1) is 11.3. The molecule has 0 bridgehead atoms. The van der Waals surface area contributed by atoms with Crippen molar-refractivity contribution in [2.75, 3.05) is 26.2 Å². The standard InChI is InChI=1S/C18H26F2N2O2/c1-13(15-5-4-14(2)24-15)6-9-22-11-17(10-18(19,20)12-22)7-3-8-21-16(17)23/h4-5,13H,3,6-12H2,1-2H3,(H,21,23)/t13-,17+/m0/s1. The highest BCUT2D eigenvalue weighted by molar-refractivity contribution is 5.83. The molecular weight excluding hydrogens is 314 g/mol. The number of nitrogens with zero attached hydrogens (tertiary/aromatic N) is 1. The smallest absolute Gasteiger partial charge is 0.261 e. The number of amides is 1. The molecule has 1 aromatic rings. The van der Waals surface area contributed by atoms with Gasteiger partial charge in [-0.25, -0.2) is 8.78 Å². The van der Waals surface area contributed by atoms with Gasteiger partial charge in [-0.15, -0.1) is 0 Å². The van der Waals surface area contributed by atoms with E-state index in [0.29, 0.717) is 26.1 Å². The van der Waals surface area contributed by atoms with Gasteiger partial charge in [0.1, 0.15) is 11.5 Å². The van der Waals surface area contributed by atoms with Crippen molar-refractivity contribution in [3.63, 3.8) is 0 Å². The first-order valence-electron chi connectivity index (χ1n) is 8.75. The molecule has 2 aliphatic heterocycles. The number of nitrogens with one attached hydrogen (secondary N) is 1. The van der Waals surface area contributed by atoms with Crippen molar-refractivity contribution in [3.8, 4) is 0 Å². The summed E-state index contributed by atoms with van der Waals surface area (Å²) in [7, 11) is 0. The Kier molecular flexibility index (Phi) is 4.69. The molecule has 6 heteroatoms. The van der Waals surface area contributed by atoms with Gasteiger partial charge in [-0.1, -0.05) is 6.92 Å². The molecule has 0 aliphatic carbocycles. The summed E-state index contributed by atoms with van der Waals surface area (Å²) in [5.41, 5.74) is -0.926. The van der Waals surface area contributed by atoms with Crippen LogP contribution in [0.25, 0.3) is 0 Å². The molecule has 0 aromatic carbocycles. The third kappa shape index (κ3) is 3.63. The van der Waals surface area contributed by atoms with Crippen molar-refractivity contribution in [2.45, 2.75) is 51.4 Å². The normalized spacial score (nSPS) is 28.8. The lowest BCUT2D eigenvalue weighted by atomic mass is 9.72. The summed E-state index contributed by atoms with van der Waals surface area (Å²) in [5, 5.41) is 2.78. The van der Waals surface area contributed by atoms with E-state index in [2.05, 4.69) is 5.32 Å². The minimum atomic E-state index is -2.81. The Morgan fingerprint density at radius 2 is 2.17 bits per heavy atom. The number of piperidine rings is 2. The van der Waals surface area contributed by atoms with Crippen LogP contribution in [-0.2, 0) is 4.79 Å². The van der Waals surface area contributed by atoms with Crippen molar-refractivity contribution in [1.29, 1.82) is 0 Å². The number of rotatable bonds is 4. The maximum atomic E-state index is 14.3. The van der Waals surface area contributed by atoms with Crippen molar-refractivity contribution < 1.29 is 18.0 Å². The van der Waals surface area contributed by atoms with Crippen LogP contribution in [0.4, 0.5) is 8.78 Å². The average Bonchev–Trinajstić information content (AvgIpc) is 2.93. The van der Waals surface area contributed by atoms with Crippen LogP contribution >= 0.6 is 0 Å². The third-order valence-corrected chi connectivity index (χ3v) is 5.30. The molecule has 2 fully saturated rings. The van der Waals surface area contributed by atoms with Crippen LogP contribution in [0.5, 0.6) is 0 Å². The molecule has 1 amide bonds. The van der Waals surface area contributed by atoms with Gasteiger partial charge in [-0.05, 0) is 44.9 Å². The number of carbonyl (C=O) groups is 1. The molecule has 24 heavy (non-hydrogen) atoms. The van der Waals surface area contributed by atoms with E-state index in [-0.39, 0.29) is 24.8 Å². The second-order valence-corrected chi connectivity index (χ2v) is 7.52. The Morgan fingerprint density at radius 3 is 2.83 bits per heavy atom. The summed E-state index contributed by atoms with van der Waals surface area (Å²) in [6, 6.07) is 3.86. The summed E-state index contributed by atoms with van der Waals surface area (Å²) in [6.07, 6.45) is 1.74. The van der Waals surface area contributed by atoms with Crippen LogP contribution in [0.2, 0.25) is 0 Å². The quantitative estimate of drug-likeness (QED) is 0.914. The van der Waals surface area contributed by atoms with Gasteiger partial charge in [0.2, 0.25) is 5.91 Å². The number of alkyl halides is 2. The Morgan fingerprint density at radius 1 is 1.38 bits per heavy atom. The van der Waals surface area contributed by atoms with Gasteiger partial charge in [0.15, 0.2) is 0 Å². The zero-order chi connectivity index (χ0) is 17.4. The lowest BCUT2D eigenvalue weighted by molar-refractivity contribution is -0.157. The van der Waals surface area contributed by atoms with Gasteiger partial charge in [0.25, 0.3) is 5.92 Å². The number of likely N-dealkylation sites (tertiary alicyclic amines) is 1. The van der Waals surface area contributed by atoms with E-state index in [0.717, 1.165) is 24.4 Å². The molecule has 2 saturated heterocycles. The highest BCUT2D eigenvalue weighted by atomic mass is 19.3. The molecule has 134 valence electrons. The van der Waals surface area contributed by atoms with E-state index < -0.39 is 11.3 Å². The molecule has 1 aromatic heterocycles. The molecule has 0 radical (unpaired) electrons. The van der Waals surface area contributed by atoms with E-state index in [1.54, 1.807) is 4.90 Å². The van der Waals surface area contributed by atoms with Gasteiger partial charge >= 0.3 is 0 Å². The molecule has 3 rings (SSSR count). The maximum absolute atomic E-state index is 14.3. The Balaban J connectivity index is 1.65. The highest BCUT2D eigenvalue weighted by Crippen LogP contribution is 2.43. The number of carbonyl (C=O) groups excluding carboxylic acids is 1. The van der Waals surface area contributed by atoms with Crippen molar-refractivity contribution >= 4 is 5.91 Å². The van der Waals surface area contributed by atoms with Gasteiger partial charge in [-0.3, -0.25) is 9.69 Å². The molecule has 2 atom stereocenters. The molecule has 4 nitrogen and oxygen atoms in total. The molecule has 1 spiro atoms. The van der Waals surface area contributed by atoms with E-state index in [1.165, 1.54) is 0 Å². The first kappa shape index (κ1) is 17.4. The van der Waals surface area contributed by atoms with Crippen LogP contribution in [0.3, 0.4) is 0 Å². The zero-order valence-corrected chi connectivity index (χ0v) is 14.4. The van der Waals surface area contributed by atoms with Gasteiger partial charge in [0, 0.05) is 25.4 Å². The van der Waals surface area contributed by atoms with Gasteiger partial charge in [0.05, 0.1) is 12.0 Å². The van der Waals surface area contributed by atoms with Crippen LogP contribution in [-0.4, -0.2) is 42.9 Å². The average molecular weight is 340 g/mol. The monoisotopic (exact) mass is 340 g/mol. The van der Waals surface area contributed by atoms with Crippen molar-refractivity contribution in [1.82, 2.24) is 10.2 Å². The van der Waals surface area contributed by atoms with E-state index >= 15 is 0 Å². The third-order valence-electron chi connectivity index (χ3n) is 5.30. The SMILES string of the molecule is Cc1ccc([C@@H](C)CCN2CC(F)(F)C[C@]3(CCCNC3=O)C2)o1. The van der Waals surface area contributed by atoms with Gasteiger partial charge in [-0.2, -0.15) is 0 Å². The van der Waals surface area contributed by atoms with E-state index in [1.807, 2.05) is 26.0 Å². The maximum Gasteiger partial charge on any atom is 0.261 e. The predicted molar refractivity (Wildman–Crippen MR) is 87.2 cm³/mol. The van der Waals surface area contributed by atoms with Crippen molar-refractivity contribution in [3.05, 3.63) is 23.7 Å². The second kappa shape index (κ2) is 6.47. The highest BCUT2D eigenvalue weighted by Gasteiger charge is 2.53. The minimum absolute atomic E-state index is 0.172. The lowest BCUT2D eigenvalue weighted by Gasteiger charge is -2.47. The van der Waals surface area contributed by atoms with Crippen LogP contribution in [0, 0.1) is 12.3 Å². The fourth-order valence-corrected chi connectivity index (χ4v) is 4.06. The molecule has 2 aliphatic rings. The predicted octanol–water partition coefficient (Wildman–Crippen LogP) is 3.32. The summed E-state index contributed by atoms with van der Waals surface area (Å²) in [5.74, 6) is -1.09. The summed E-state index contributed by atoms with van der Waals surface area (Å²) in [6.45, 7) is 5.26. The minimum Gasteiger partial charge on any atom is -0.466 e. The molecule has 0 unspecified atom stereocenters. The number of aryl methyl sites for hydroxylation is 1. The Labute approximate surface area is 141 Å². The fraction of sp³-hybridized carbons (Fsp3) is 0.722. The molecular formula is C18H26F2N2O2. The summed E-state index contributed by atoms with van der Waals surface area (Å²) < 4.78 is 34.2. The van der Waals surface area contributed by atoms with Crippen LogP contribution < -0.4 is 5.32 Å². The first-order valence-corrected chi connectivity index (χ1v) is 8.75. The van der Waals surface area contributed by atoms with Crippen LogP contribution in [0.1, 0.15) is 50.0 Å². The number of hydrogen-bond acceptors (Lipinski definition) is 3. The molecule has 0 saturated carbocycles. The zero-order valence-electron chi connectivity index (χ0n) is 14.4. The van der Waals surface area contributed by atoms with E-state index in [9.17, 15) is 13.6 Å². The Hall–Kier alpha value is -1.43. The number of halogens is 2. The van der Waals surface area contributed by atoms with Crippen LogP contribution in [0.15, 0.2) is 16.5 Å². The van der Waals surface area contributed by atoms with Crippen molar-refractivity contribution in [2.24, 2.45) is 5.41 Å². The number of hydrogen-bond donors (Lipinski definition) is 1. The largest absolute Gasteiger partial charge is 0.466 e. The fourth-order valence-electron chi connectivity index (χ4n) is 4.06.